The van der Waals surface area contributed by atoms with Gasteiger partial charge in [0.1, 0.15) is 11.6 Å². The number of hydrogen-bond donors (Lipinski definition) is 2. The minimum atomic E-state index is -0.444. The predicted octanol–water partition coefficient (Wildman–Crippen LogP) is 2.98. The highest BCUT2D eigenvalue weighted by Gasteiger charge is 2.08. The van der Waals surface area contributed by atoms with Gasteiger partial charge in [-0.25, -0.2) is 8.78 Å². The van der Waals surface area contributed by atoms with Crippen LogP contribution < -0.4 is 10.6 Å². The molecule has 5 nitrogen and oxygen atoms in total. The highest BCUT2D eigenvalue weighted by atomic mass is 19.1. The van der Waals surface area contributed by atoms with Crippen LogP contribution in [0.2, 0.25) is 0 Å². The lowest BCUT2D eigenvalue weighted by atomic mass is 10.1. The van der Waals surface area contributed by atoms with Crippen molar-refractivity contribution in [2.24, 2.45) is 4.99 Å². The van der Waals surface area contributed by atoms with Crippen LogP contribution in [0.4, 0.5) is 8.78 Å². The molecule has 2 rings (SSSR count). The van der Waals surface area contributed by atoms with Gasteiger partial charge < -0.3 is 15.2 Å². The predicted molar refractivity (Wildman–Crippen MR) is 88.9 cm³/mol. The molecule has 1 aromatic carbocycles. The molecule has 0 spiro atoms. The average Bonchev–Trinajstić information content (AvgIpc) is 3.03. The van der Waals surface area contributed by atoms with Crippen LogP contribution >= 0.6 is 0 Å². The fraction of sp³-hybridized carbons (Fsp3) is 0.412. The molecule has 0 saturated carbocycles. The van der Waals surface area contributed by atoms with Crippen molar-refractivity contribution < 1.29 is 13.3 Å². The van der Waals surface area contributed by atoms with E-state index in [0.29, 0.717) is 42.7 Å². The second-order valence-corrected chi connectivity index (χ2v) is 5.71. The highest BCUT2D eigenvalue weighted by Crippen LogP contribution is 2.13. The van der Waals surface area contributed by atoms with E-state index < -0.39 is 11.6 Å². The normalized spacial score (nSPS) is 11.8. The second kappa shape index (κ2) is 8.42. The Morgan fingerprint density at radius 3 is 2.71 bits per heavy atom. The van der Waals surface area contributed by atoms with Crippen molar-refractivity contribution in [1.29, 1.82) is 0 Å². The van der Waals surface area contributed by atoms with Gasteiger partial charge in [0.15, 0.2) is 11.7 Å². The number of hydrogen-bond acceptors (Lipinski definition) is 3. The molecule has 1 aromatic heterocycles. The first-order valence-electron chi connectivity index (χ1n) is 7.83. The summed E-state index contributed by atoms with van der Waals surface area (Å²) >= 11 is 0. The molecule has 0 atom stereocenters. The Labute approximate surface area is 140 Å². The summed E-state index contributed by atoms with van der Waals surface area (Å²) in [6.07, 6.45) is 0.351. The van der Waals surface area contributed by atoms with Gasteiger partial charge in [0.2, 0.25) is 0 Å². The topological polar surface area (TPSA) is 62.5 Å². The van der Waals surface area contributed by atoms with Gasteiger partial charge in [0.05, 0.1) is 12.2 Å². The van der Waals surface area contributed by atoms with Gasteiger partial charge in [0.25, 0.3) is 0 Å². The summed E-state index contributed by atoms with van der Waals surface area (Å²) in [6.45, 7) is 4.95. The molecule has 2 N–H and O–H groups in total. The molecule has 0 saturated heterocycles. The monoisotopic (exact) mass is 336 g/mol. The Hall–Kier alpha value is -2.44. The lowest BCUT2D eigenvalue weighted by molar-refractivity contribution is 0.372. The van der Waals surface area contributed by atoms with Crippen LogP contribution in [0.25, 0.3) is 0 Å². The van der Waals surface area contributed by atoms with Crippen LogP contribution in [0.1, 0.15) is 36.8 Å². The summed E-state index contributed by atoms with van der Waals surface area (Å²) in [4.78, 5) is 4.08. The Kier molecular flexibility index (Phi) is 6.28. The van der Waals surface area contributed by atoms with E-state index >= 15 is 0 Å². The zero-order chi connectivity index (χ0) is 17.5. The molecular weight excluding hydrogens is 314 g/mol. The minimum Gasteiger partial charge on any atom is -0.359 e. The smallest absolute Gasteiger partial charge is 0.191 e. The van der Waals surface area contributed by atoms with Crippen molar-refractivity contribution in [2.45, 2.75) is 32.7 Å². The summed E-state index contributed by atoms with van der Waals surface area (Å²) in [5.74, 6) is 0.706. The highest BCUT2D eigenvalue weighted by molar-refractivity contribution is 5.79. The number of halogens is 2. The van der Waals surface area contributed by atoms with Gasteiger partial charge >= 0.3 is 0 Å². The van der Waals surface area contributed by atoms with E-state index in [2.05, 4.69) is 20.8 Å². The molecule has 0 unspecified atom stereocenters. The average molecular weight is 336 g/mol. The van der Waals surface area contributed by atoms with Crippen molar-refractivity contribution in [3.8, 4) is 0 Å². The Bertz CT molecular complexity index is 698. The fourth-order valence-electron chi connectivity index (χ4n) is 2.13. The molecule has 130 valence electrons. The van der Waals surface area contributed by atoms with Gasteiger partial charge in [-0.15, -0.1) is 0 Å². The van der Waals surface area contributed by atoms with E-state index in [1.54, 1.807) is 7.05 Å². The first-order valence-corrected chi connectivity index (χ1v) is 7.83. The lowest BCUT2D eigenvalue weighted by Gasteiger charge is -2.11. The summed E-state index contributed by atoms with van der Waals surface area (Å²) in [5.41, 5.74) is 1.23. The molecule has 0 aliphatic rings. The molecule has 0 radical (unpaired) electrons. The van der Waals surface area contributed by atoms with Gasteiger partial charge in [-0.1, -0.05) is 19.0 Å². The number of nitrogens with zero attached hydrogens (tertiary/aromatic N) is 2. The van der Waals surface area contributed by atoms with E-state index in [0.717, 1.165) is 17.8 Å². The van der Waals surface area contributed by atoms with E-state index in [-0.39, 0.29) is 0 Å². The third-order valence-electron chi connectivity index (χ3n) is 3.52. The number of rotatable bonds is 6. The van der Waals surface area contributed by atoms with Crippen LogP contribution in [0.15, 0.2) is 33.8 Å². The molecule has 7 heteroatoms. The fourth-order valence-corrected chi connectivity index (χ4v) is 2.13. The Morgan fingerprint density at radius 1 is 1.25 bits per heavy atom. The molecule has 0 aliphatic carbocycles. The first kappa shape index (κ1) is 17.9. The molecule has 0 fully saturated rings. The maximum absolute atomic E-state index is 13.6. The first-order chi connectivity index (χ1) is 11.5. The van der Waals surface area contributed by atoms with Crippen molar-refractivity contribution in [3.05, 3.63) is 52.9 Å². The summed E-state index contributed by atoms with van der Waals surface area (Å²) in [7, 11) is 1.64. The molecule has 24 heavy (non-hydrogen) atoms. The largest absolute Gasteiger partial charge is 0.359 e. The van der Waals surface area contributed by atoms with Gasteiger partial charge in [0, 0.05) is 19.7 Å². The van der Waals surface area contributed by atoms with E-state index in [1.165, 1.54) is 6.07 Å². The van der Waals surface area contributed by atoms with Crippen LogP contribution in [0.5, 0.6) is 0 Å². The maximum Gasteiger partial charge on any atom is 0.191 e. The summed E-state index contributed by atoms with van der Waals surface area (Å²) < 4.78 is 31.9. The van der Waals surface area contributed by atoms with E-state index in [1.807, 2.05) is 19.9 Å². The lowest BCUT2D eigenvalue weighted by Crippen LogP contribution is -2.37. The number of aromatic nitrogens is 1. The number of benzene rings is 1. The number of nitrogens with one attached hydrogen (secondary N) is 2. The van der Waals surface area contributed by atoms with Crippen LogP contribution in [0.3, 0.4) is 0 Å². The quantitative estimate of drug-likeness (QED) is 0.629. The maximum atomic E-state index is 13.6. The van der Waals surface area contributed by atoms with Crippen LogP contribution in [0, 0.1) is 11.6 Å². The minimum absolute atomic E-state index is 0.307. The molecule has 0 amide bonds. The second-order valence-electron chi connectivity index (χ2n) is 5.71. The summed E-state index contributed by atoms with van der Waals surface area (Å²) in [5, 5.41) is 10.1. The third kappa shape index (κ3) is 5.04. The van der Waals surface area contributed by atoms with Crippen molar-refractivity contribution in [2.75, 3.05) is 13.6 Å². The van der Waals surface area contributed by atoms with Crippen molar-refractivity contribution in [3.63, 3.8) is 0 Å². The zero-order valence-electron chi connectivity index (χ0n) is 14.1. The van der Waals surface area contributed by atoms with E-state index in [4.69, 9.17) is 4.52 Å². The number of aliphatic imine (C=N–C) groups is 1. The molecule has 2 aromatic rings. The molecule has 1 heterocycles. The van der Waals surface area contributed by atoms with Gasteiger partial charge in [-0.05, 0) is 36.1 Å². The Balaban J connectivity index is 1.81. The molecule has 0 aliphatic heterocycles. The van der Waals surface area contributed by atoms with Gasteiger partial charge in [-0.2, -0.15) is 0 Å². The van der Waals surface area contributed by atoms with E-state index in [9.17, 15) is 8.78 Å². The van der Waals surface area contributed by atoms with Crippen LogP contribution in [-0.2, 0) is 13.0 Å². The van der Waals surface area contributed by atoms with Crippen LogP contribution in [-0.4, -0.2) is 24.7 Å². The SMILES string of the molecule is CN=C(NCCc1cc(F)ccc1F)NCc1cc(C(C)C)no1. The summed E-state index contributed by atoms with van der Waals surface area (Å²) in [6, 6.07) is 5.34. The zero-order valence-corrected chi connectivity index (χ0v) is 14.1. The van der Waals surface area contributed by atoms with Crippen molar-refractivity contribution >= 4 is 5.96 Å². The molecular formula is C17H22F2N4O. The number of guanidine groups is 1. The van der Waals surface area contributed by atoms with Gasteiger partial charge in [-0.3, -0.25) is 4.99 Å². The molecule has 0 bridgehead atoms. The third-order valence-corrected chi connectivity index (χ3v) is 3.52. The van der Waals surface area contributed by atoms with Crippen molar-refractivity contribution in [1.82, 2.24) is 15.8 Å². The standard InChI is InChI=1S/C17H22F2N4O/c1-11(2)16-9-14(24-23-16)10-22-17(20-3)21-7-6-12-8-13(18)4-5-15(12)19/h4-5,8-9,11H,6-7,10H2,1-3H3,(H2,20,21,22). The Morgan fingerprint density at radius 2 is 2.04 bits per heavy atom.